The highest BCUT2D eigenvalue weighted by Gasteiger charge is 2.11. The van der Waals surface area contributed by atoms with E-state index >= 15 is 0 Å². The summed E-state index contributed by atoms with van der Waals surface area (Å²) in [5.41, 5.74) is 2.78. The van der Waals surface area contributed by atoms with Gasteiger partial charge in [-0.3, -0.25) is 0 Å². The van der Waals surface area contributed by atoms with Crippen molar-refractivity contribution in [3.05, 3.63) is 96.3 Å². The van der Waals surface area contributed by atoms with Crippen molar-refractivity contribution >= 4 is 0 Å². The van der Waals surface area contributed by atoms with E-state index in [1.807, 2.05) is 0 Å². The molecule has 1 heterocycles. The van der Waals surface area contributed by atoms with Crippen LogP contribution in [0.3, 0.4) is 0 Å². The molecule has 0 fully saturated rings. The highest BCUT2D eigenvalue weighted by atomic mass is 15.0. The fourth-order valence-electron chi connectivity index (χ4n) is 2.65. The van der Waals surface area contributed by atoms with Crippen molar-refractivity contribution in [2.24, 2.45) is 0 Å². The van der Waals surface area contributed by atoms with E-state index in [-0.39, 0.29) is 0 Å². The van der Waals surface area contributed by atoms with Gasteiger partial charge in [-0.15, -0.1) is 0 Å². The first-order valence-electron chi connectivity index (χ1n) is 7.12. The van der Waals surface area contributed by atoms with Crippen molar-refractivity contribution in [2.75, 3.05) is 0 Å². The van der Waals surface area contributed by atoms with Crippen LogP contribution in [-0.2, 0) is 12.8 Å². The van der Waals surface area contributed by atoms with Crippen molar-refractivity contribution in [1.29, 1.82) is 0 Å². The molecule has 1 heteroatoms. The Hall–Kier alpha value is -2.28. The molecule has 0 bridgehead atoms. The molecule has 3 aromatic rings. The van der Waals surface area contributed by atoms with Crippen LogP contribution in [0.25, 0.3) is 0 Å². The lowest BCUT2D eigenvalue weighted by Crippen LogP contribution is -2.13. The Bertz CT molecular complexity index is 570. The second kappa shape index (κ2) is 6.25. The zero-order valence-electron chi connectivity index (χ0n) is 11.5. The predicted molar refractivity (Wildman–Crippen MR) is 83.8 cm³/mol. The van der Waals surface area contributed by atoms with Gasteiger partial charge in [0.05, 0.1) is 0 Å². The van der Waals surface area contributed by atoms with Crippen LogP contribution in [0.2, 0.25) is 0 Å². The Morgan fingerprint density at radius 3 is 1.50 bits per heavy atom. The molecule has 20 heavy (non-hydrogen) atoms. The fraction of sp³-hybridized carbons (Fsp3) is 0.158. The fourth-order valence-corrected chi connectivity index (χ4v) is 2.65. The first kappa shape index (κ1) is 12.7. The summed E-state index contributed by atoms with van der Waals surface area (Å²) in [4.78, 5) is 0. The van der Waals surface area contributed by atoms with E-state index in [4.69, 9.17) is 0 Å². The Morgan fingerprint density at radius 1 is 0.600 bits per heavy atom. The first-order valence-corrected chi connectivity index (χ1v) is 7.12. The average Bonchev–Trinajstić information content (AvgIpc) is 3.03. The highest BCUT2D eigenvalue weighted by Crippen LogP contribution is 2.20. The average molecular weight is 261 g/mol. The summed E-state index contributed by atoms with van der Waals surface area (Å²) >= 11 is 0. The third-order valence-corrected chi connectivity index (χ3v) is 3.68. The summed E-state index contributed by atoms with van der Waals surface area (Å²) in [7, 11) is 0. The first-order chi connectivity index (χ1) is 9.92. The largest absolute Gasteiger partial charge is 0.351 e. The van der Waals surface area contributed by atoms with Crippen LogP contribution in [0.1, 0.15) is 17.2 Å². The smallest absolute Gasteiger partial charge is 0.0411 e. The molecule has 0 atom stereocenters. The summed E-state index contributed by atoms with van der Waals surface area (Å²) < 4.78 is 2.32. The van der Waals surface area contributed by atoms with E-state index in [0.717, 1.165) is 12.8 Å². The maximum absolute atomic E-state index is 2.32. The molecule has 0 aliphatic heterocycles. The SMILES string of the molecule is c1ccc(CC(Cc2ccccc2)n2cccc2)cc1. The monoisotopic (exact) mass is 261 g/mol. The topological polar surface area (TPSA) is 4.93 Å². The van der Waals surface area contributed by atoms with Gasteiger partial charge < -0.3 is 4.57 Å². The van der Waals surface area contributed by atoms with Crippen LogP contribution < -0.4 is 0 Å². The van der Waals surface area contributed by atoms with Crippen LogP contribution in [0.4, 0.5) is 0 Å². The molecule has 0 amide bonds. The molecule has 0 saturated heterocycles. The van der Waals surface area contributed by atoms with Crippen molar-refractivity contribution in [3.63, 3.8) is 0 Å². The lowest BCUT2D eigenvalue weighted by atomic mass is 9.99. The maximum Gasteiger partial charge on any atom is 0.0411 e. The molecular formula is C19H19N. The number of hydrogen-bond acceptors (Lipinski definition) is 0. The van der Waals surface area contributed by atoms with Gasteiger partial charge in [0.2, 0.25) is 0 Å². The number of rotatable bonds is 5. The molecule has 0 spiro atoms. The van der Waals surface area contributed by atoms with Crippen LogP contribution in [0, 0.1) is 0 Å². The minimum absolute atomic E-state index is 0.467. The zero-order chi connectivity index (χ0) is 13.6. The minimum Gasteiger partial charge on any atom is -0.351 e. The van der Waals surface area contributed by atoms with E-state index in [1.54, 1.807) is 0 Å². The zero-order valence-corrected chi connectivity index (χ0v) is 11.5. The van der Waals surface area contributed by atoms with Crippen LogP contribution in [0.5, 0.6) is 0 Å². The number of benzene rings is 2. The minimum atomic E-state index is 0.467. The molecule has 1 nitrogen and oxygen atoms in total. The Kier molecular flexibility index (Phi) is 3.98. The third-order valence-electron chi connectivity index (χ3n) is 3.68. The van der Waals surface area contributed by atoms with E-state index < -0.39 is 0 Å². The molecule has 0 unspecified atom stereocenters. The van der Waals surface area contributed by atoms with Gasteiger partial charge in [-0.1, -0.05) is 60.7 Å². The lowest BCUT2D eigenvalue weighted by Gasteiger charge is -2.19. The Morgan fingerprint density at radius 2 is 1.05 bits per heavy atom. The standard InChI is InChI=1S/C19H19N/c1-3-9-17(10-4-1)15-19(20-13-7-8-14-20)16-18-11-5-2-6-12-18/h1-14,19H,15-16H2. The van der Waals surface area contributed by atoms with Gasteiger partial charge in [0.1, 0.15) is 0 Å². The highest BCUT2D eigenvalue weighted by molar-refractivity contribution is 5.19. The maximum atomic E-state index is 2.32. The molecular weight excluding hydrogens is 242 g/mol. The molecule has 0 aliphatic rings. The summed E-state index contributed by atoms with van der Waals surface area (Å²) in [5.74, 6) is 0. The quantitative estimate of drug-likeness (QED) is 0.636. The van der Waals surface area contributed by atoms with Gasteiger partial charge in [-0.05, 0) is 36.1 Å². The molecule has 2 aromatic carbocycles. The second-order valence-corrected chi connectivity index (χ2v) is 5.16. The Labute approximate surface area is 120 Å². The van der Waals surface area contributed by atoms with Gasteiger partial charge in [-0.2, -0.15) is 0 Å². The van der Waals surface area contributed by atoms with Gasteiger partial charge in [0.25, 0.3) is 0 Å². The van der Waals surface area contributed by atoms with Gasteiger partial charge in [0.15, 0.2) is 0 Å². The molecule has 1 aromatic heterocycles. The summed E-state index contributed by atoms with van der Waals surface area (Å²) in [6.45, 7) is 0. The van der Waals surface area contributed by atoms with Crippen molar-refractivity contribution < 1.29 is 0 Å². The van der Waals surface area contributed by atoms with Crippen LogP contribution in [-0.4, -0.2) is 4.57 Å². The molecule has 0 N–H and O–H groups in total. The number of hydrogen-bond donors (Lipinski definition) is 0. The van der Waals surface area contributed by atoms with Crippen LogP contribution >= 0.6 is 0 Å². The normalized spacial score (nSPS) is 10.8. The summed E-state index contributed by atoms with van der Waals surface area (Å²) in [5, 5.41) is 0. The van der Waals surface area contributed by atoms with Gasteiger partial charge in [-0.25, -0.2) is 0 Å². The molecule has 100 valence electrons. The summed E-state index contributed by atoms with van der Waals surface area (Å²) in [6, 6.07) is 26.1. The van der Waals surface area contributed by atoms with Crippen molar-refractivity contribution in [1.82, 2.24) is 4.57 Å². The molecule has 0 radical (unpaired) electrons. The molecule has 0 saturated carbocycles. The van der Waals surface area contributed by atoms with E-state index in [2.05, 4.69) is 89.8 Å². The van der Waals surface area contributed by atoms with E-state index in [0.29, 0.717) is 6.04 Å². The van der Waals surface area contributed by atoms with Gasteiger partial charge >= 0.3 is 0 Å². The Balaban J connectivity index is 1.81. The molecule has 0 aliphatic carbocycles. The number of aromatic nitrogens is 1. The molecule has 3 rings (SSSR count). The number of nitrogens with zero attached hydrogens (tertiary/aromatic N) is 1. The van der Waals surface area contributed by atoms with Crippen LogP contribution in [0.15, 0.2) is 85.2 Å². The second-order valence-electron chi connectivity index (χ2n) is 5.16. The summed E-state index contributed by atoms with van der Waals surface area (Å²) in [6.07, 6.45) is 6.45. The predicted octanol–water partition coefficient (Wildman–Crippen LogP) is 4.51. The van der Waals surface area contributed by atoms with E-state index in [9.17, 15) is 0 Å². The van der Waals surface area contributed by atoms with E-state index in [1.165, 1.54) is 11.1 Å². The van der Waals surface area contributed by atoms with Crippen molar-refractivity contribution in [3.8, 4) is 0 Å². The third kappa shape index (κ3) is 3.18. The van der Waals surface area contributed by atoms with Crippen molar-refractivity contribution in [2.45, 2.75) is 18.9 Å². The van der Waals surface area contributed by atoms with Gasteiger partial charge in [0, 0.05) is 18.4 Å². The lowest BCUT2D eigenvalue weighted by molar-refractivity contribution is 0.497.